The molecule has 0 aliphatic heterocycles. The fourth-order valence-electron chi connectivity index (χ4n) is 3.72. The molecule has 2 nitrogen and oxygen atoms in total. The number of aromatic nitrogens is 1. The van der Waals surface area contributed by atoms with Crippen LogP contribution in [0.15, 0.2) is 0 Å². The summed E-state index contributed by atoms with van der Waals surface area (Å²) in [4.78, 5) is 4.92. The van der Waals surface area contributed by atoms with Crippen molar-refractivity contribution in [1.29, 1.82) is 0 Å². The van der Waals surface area contributed by atoms with Crippen LogP contribution in [-0.2, 0) is 6.42 Å². The number of thiazole rings is 1. The minimum absolute atomic E-state index is 0.709. The van der Waals surface area contributed by atoms with Gasteiger partial charge in [-0.05, 0) is 25.2 Å². The third-order valence-corrected chi connectivity index (χ3v) is 5.99. The quantitative estimate of drug-likeness (QED) is 0.854. The van der Waals surface area contributed by atoms with Gasteiger partial charge in [-0.2, -0.15) is 0 Å². The molecule has 1 heterocycles. The van der Waals surface area contributed by atoms with E-state index in [1.54, 1.807) is 11.3 Å². The molecule has 0 atom stereocenters. The average molecular weight is 278 g/mol. The maximum Gasteiger partial charge on any atom is 0.109 e. The zero-order chi connectivity index (χ0) is 13.1. The molecule has 2 saturated carbocycles. The molecule has 2 aliphatic rings. The third kappa shape index (κ3) is 3.31. The molecule has 2 N–H and O–H groups in total. The molecule has 2 fully saturated rings. The van der Waals surface area contributed by atoms with Gasteiger partial charge in [0.15, 0.2) is 0 Å². The number of nitrogen functional groups attached to an aromatic ring is 1. The summed E-state index contributed by atoms with van der Waals surface area (Å²) in [5, 5.41) is 2.34. The fourth-order valence-corrected chi connectivity index (χ4v) is 4.75. The summed E-state index contributed by atoms with van der Waals surface area (Å²) in [6, 6.07) is 0. The molecule has 106 valence electrons. The molecule has 0 unspecified atom stereocenters. The van der Waals surface area contributed by atoms with Crippen LogP contribution in [0, 0.1) is 5.92 Å². The van der Waals surface area contributed by atoms with Crippen molar-refractivity contribution in [3.05, 3.63) is 10.7 Å². The first-order valence-electron chi connectivity index (χ1n) is 8.08. The van der Waals surface area contributed by atoms with E-state index in [1.165, 1.54) is 74.9 Å². The first-order chi connectivity index (χ1) is 9.33. The highest BCUT2D eigenvalue weighted by Gasteiger charge is 2.22. The van der Waals surface area contributed by atoms with Gasteiger partial charge in [-0.25, -0.2) is 4.98 Å². The standard InChI is InChI=1S/C16H26N2S/c17-15-14(11-12-7-3-1-4-8-12)18-16(19-15)13-9-5-2-6-10-13/h12-13H,1-11,17H2. The maximum absolute atomic E-state index is 6.22. The monoisotopic (exact) mass is 278 g/mol. The van der Waals surface area contributed by atoms with Crippen LogP contribution >= 0.6 is 11.3 Å². The Morgan fingerprint density at radius 3 is 2.26 bits per heavy atom. The predicted octanol–water partition coefficient (Wildman–Crippen LogP) is 4.90. The summed E-state index contributed by atoms with van der Waals surface area (Å²) < 4.78 is 0. The Balaban J connectivity index is 1.66. The van der Waals surface area contributed by atoms with Crippen molar-refractivity contribution in [2.45, 2.75) is 76.5 Å². The number of nitrogens with zero attached hydrogens (tertiary/aromatic N) is 1. The molecule has 0 saturated heterocycles. The molecule has 3 heteroatoms. The van der Waals surface area contributed by atoms with Gasteiger partial charge in [-0.15, -0.1) is 11.3 Å². The Labute approximate surface area is 120 Å². The Morgan fingerprint density at radius 1 is 0.947 bits per heavy atom. The van der Waals surface area contributed by atoms with Gasteiger partial charge in [0.25, 0.3) is 0 Å². The highest BCUT2D eigenvalue weighted by atomic mass is 32.1. The van der Waals surface area contributed by atoms with E-state index in [1.807, 2.05) is 0 Å². The first kappa shape index (κ1) is 13.4. The molecule has 2 aliphatic carbocycles. The summed E-state index contributed by atoms with van der Waals surface area (Å²) >= 11 is 1.78. The molecule has 1 aromatic rings. The van der Waals surface area contributed by atoms with E-state index in [2.05, 4.69) is 0 Å². The van der Waals surface area contributed by atoms with Crippen molar-refractivity contribution in [2.24, 2.45) is 5.92 Å². The van der Waals surface area contributed by atoms with Crippen molar-refractivity contribution in [1.82, 2.24) is 4.98 Å². The van der Waals surface area contributed by atoms with Gasteiger partial charge in [0.05, 0.1) is 10.7 Å². The van der Waals surface area contributed by atoms with Gasteiger partial charge in [0.2, 0.25) is 0 Å². The predicted molar refractivity (Wildman–Crippen MR) is 82.6 cm³/mol. The summed E-state index contributed by atoms with van der Waals surface area (Å²) in [7, 11) is 0. The first-order valence-corrected chi connectivity index (χ1v) is 8.89. The van der Waals surface area contributed by atoms with Gasteiger partial charge in [0, 0.05) is 5.92 Å². The molecular weight excluding hydrogens is 252 g/mol. The second-order valence-electron chi connectivity index (χ2n) is 6.41. The number of anilines is 1. The lowest BCUT2D eigenvalue weighted by Gasteiger charge is -2.21. The van der Waals surface area contributed by atoms with Crippen LogP contribution in [0.1, 0.15) is 80.8 Å². The number of nitrogens with two attached hydrogens (primary N) is 1. The molecule has 3 rings (SSSR count). The van der Waals surface area contributed by atoms with Crippen LogP contribution in [0.5, 0.6) is 0 Å². The number of hydrogen-bond acceptors (Lipinski definition) is 3. The second-order valence-corrected chi connectivity index (χ2v) is 7.47. The lowest BCUT2D eigenvalue weighted by Crippen LogP contribution is -2.10. The fraction of sp³-hybridized carbons (Fsp3) is 0.812. The number of rotatable bonds is 3. The van der Waals surface area contributed by atoms with Crippen LogP contribution in [0.4, 0.5) is 5.00 Å². The summed E-state index contributed by atoms with van der Waals surface area (Å²) in [5.41, 5.74) is 7.44. The summed E-state index contributed by atoms with van der Waals surface area (Å²) in [6.45, 7) is 0. The summed E-state index contributed by atoms with van der Waals surface area (Å²) in [5.74, 6) is 1.55. The van der Waals surface area contributed by atoms with Crippen molar-refractivity contribution in [3.63, 3.8) is 0 Å². The van der Waals surface area contributed by atoms with E-state index in [-0.39, 0.29) is 0 Å². The smallest absolute Gasteiger partial charge is 0.109 e. The zero-order valence-corrected chi connectivity index (χ0v) is 12.7. The Kier molecular flexibility index (Phi) is 4.42. The zero-order valence-electron chi connectivity index (χ0n) is 11.9. The largest absolute Gasteiger partial charge is 0.389 e. The molecule has 0 aromatic carbocycles. The third-order valence-electron chi connectivity index (χ3n) is 4.91. The highest BCUT2D eigenvalue weighted by Crippen LogP contribution is 2.38. The lowest BCUT2D eigenvalue weighted by atomic mass is 9.86. The van der Waals surface area contributed by atoms with E-state index in [0.717, 1.165) is 17.3 Å². The molecule has 0 bridgehead atoms. The van der Waals surface area contributed by atoms with Gasteiger partial charge in [-0.3, -0.25) is 0 Å². The number of hydrogen-bond donors (Lipinski definition) is 1. The average Bonchev–Trinajstić information content (AvgIpc) is 2.82. The van der Waals surface area contributed by atoms with E-state index in [4.69, 9.17) is 10.7 Å². The maximum atomic E-state index is 6.22. The van der Waals surface area contributed by atoms with Crippen molar-refractivity contribution >= 4 is 16.3 Å². The van der Waals surface area contributed by atoms with Crippen molar-refractivity contribution in [2.75, 3.05) is 5.73 Å². The molecule has 0 amide bonds. The normalized spacial score (nSPS) is 22.7. The summed E-state index contributed by atoms with van der Waals surface area (Å²) in [6.07, 6.45) is 15.0. The van der Waals surface area contributed by atoms with Gasteiger partial charge < -0.3 is 5.73 Å². The molecule has 19 heavy (non-hydrogen) atoms. The molecular formula is C16H26N2S. The molecule has 0 spiro atoms. The van der Waals surface area contributed by atoms with Crippen LogP contribution in [-0.4, -0.2) is 4.98 Å². The SMILES string of the molecule is Nc1sc(C2CCCCC2)nc1CC1CCCCC1. The van der Waals surface area contributed by atoms with Crippen LogP contribution in [0.2, 0.25) is 0 Å². The van der Waals surface area contributed by atoms with Gasteiger partial charge in [-0.1, -0.05) is 51.4 Å². The van der Waals surface area contributed by atoms with Crippen LogP contribution in [0.3, 0.4) is 0 Å². The van der Waals surface area contributed by atoms with E-state index in [9.17, 15) is 0 Å². The topological polar surface area (TPSA) is 38.9 Å². The van der Waals surface area contributed by atoms with Crippen LogP contribution < -0.4 is 5.73 Å². The van der Waals surface area contributed by atoms with Crippen molar-refractivity contribution in [3.8, 4) is 0 Å². The van der Waals surface area contributed by atoms with Gasteiger partial charge in [0.1, 0.15) is 5.00 Å². The molecule has 1 aromatic heterocycles. The minimum atomic E-state index is 0.709. The minimum Gasteiger partial charge on any atom is -0.389 e. The Bertz CT molecular complexity index is 401. The highest BCUT2D eigenvalue weighted by molar-refractivity contribution is 7.15. The van der Waals surface area contributed by atoms with Gasteiger partial charge >= 0.3 is 0 Å². The second kappa shape index (κ2) is 6.25. The van der Waals surface area contributed by atoms with E-state index >= 15 is 0 Å². The molecule has 0 radical (unpaired) electrons. The Morgan fingerprint density at radius 2 is 1.58 bits per heavy atom. The van der Waals surface area contributed by atoms with E-state index < -0.39 is 0 Å². The Hall–Kier alpha value is -0.570. The van der Waals surface area contributed by atoms with E-state index in [0.29, 0.717) is 5.92 Å². The van der Waals surface area contributed by atoms with Crippen LogP contribution in [0.25, 0.3) is 0 Å². The lowest BCUT2D eigenvalue weighted by molar-refractivity contribution is 0.354. The van der Waals surface area contributed by atoms with Crippen molar-refractivity contribution < 1.29 is 0 Å².